The van der Waals surface area contributed by atoms with Crippen molar-refractivity contribution in [3.05, 3.63) is 163 Å². The van der Waals surface area contributed by atoms with E-state index < -0.39 is 78.9 Å². The zero-order valence-electron chi connectivity index (χ0n) is 25.2. The van der Waals surface area contributed by atoms with E-state index >= 15 is 13.2 Å². The molecular weight excluding hydrogens is 703 g/mol. The molecule has 0 aliphatic rings. The van der Waals surface area contributed by atoms with Gasteiger partial charge in [0.2, 0.25) is 0 Å². The van der Waals surface area contributed by atoms with Crippen molar-refractivity contribution in [2.75, 3.05) is 0 Å². The second kappa shape index (κ2) is 13.3. The maximum atomic E-state index is 15.5. The average Bonchev–Trinajstić information content (AvgIpc) is 3.05. The van der Waals surface area contributed by atoms with E-state index in [1.165, 1.54) is 30.3 Å². The minimum absolute atomic E-state index is 0.257. The highest BCUT2D eigenvalue weighted by Crippen LogP contribution is 2.52. The maximum Gasteiger partial charge on any atom is 0.420 e. The second-order valence-corrected chi connectivity index (χ2v) is 10.7. The molecule has 0 N–H and O–H groups in total. The third-order valence-corrected chi connectivity index (χ3v) is 7.62. The van der Waals surface area contributed by atoms with Crippen molar-refractivity contribution >= 4 is 11.4 Å². The fourth-order valence-electron chi connectivity index (χ4n) is 5.36. The lowest BCUT2D eigenvalue weighted by molar-refractivity contribution is -0.385. The van der Waals surface area contributed by atoms with Gasteiger partial charge in [0, 0.05) is 24.3 Å². The largest absolute Gasteiger partial charge is 0.457 e. The number of halogens is 9. The first-order valence-electron chi connectivity index (χ1n) is 14.2. The van der Waals surface area contributed by atoms with E-state index in [9.17, 15) is 46.6 Å². The number of alkyl halides is 9. The smallest absolute Gasteiger partial charge is 0.420 e. The summed E-state index contributed by atoms with van der Waals surface area (Å²) in [5, 5.41) is 22.0. The lowest BCUT2D eigenvalue weighted by Gasteiger charge is -2.37. The molecule has 17 heteroatoms. The van der Waals surface area contributed by atoms with E-state index in [0.717, 1.165) is 60.7 Å². The Bertz CT molecular complexity index is 1940. The van der Waals surface area contributed by atoms with Gasteiger partial charge in [-0.2, -0.15) is 39.5 Å². The summed E-state index contributed by atoms with van der Waals surface area (Å²) in [6.07, 6.45) is -15.3. The van der Waals surface area contributed by atoms with E-state index in [2.05, 4.69) is 0 Å². The van der Waals surface area contributed by atoms with Crippen molar-refractivity contribution in [1.29, 1.82) is 0 Å². The summed E-state index contributed by atoms with van der Waals surface area (Å²) in [5.74, 6) is -2.37. The van der Waals surface area contributed by atoms with E-state index in [-0.39, 0.29) is 29.2 Å². The van der Waals surface area contributed by atoms with Gasteiger partial charge in [-0.3, -0.25) is 20.2 Å². The summed E-state index contributed by atoms with van der Waals surface area (Å²) < 4.78 is 139. The topological polar surface area (TPSA) is 105 Å². The number of hydrogen-bond donors (Lipinski definition) is 0. The Morgan fingerprint density at radius 1 is 0.471 bits per heavy atom. The third kappa shape index (κ3) is 7.27. The average molecular weight is 723 g/mol. The molecule has 0 heterocycles. The fourth-order valence-corrected chi connectivity index (χ4v) is 5.36. The molecule has 0 saturated carbocycles. The first-order valence-corrected chi connectivity index (χ1v) is 14.2. The van der Waals surface area contributed by atoms with E-state index in [0.29, 0.717) is 12.1 Å². The van der Waals surface area contributed by atoms with Crippen LogP contribution in [0.4, 0.5) is 50.9 Å². The summed E-state index contributed by atoms with van der Waals surface area (Å²) in [7, 11) is 0. The lowest BCUT2D eigenvalue weighted by atomic mass is 9.69. The zero-order valence-corrected chi connectivity index (χ0v) is 25.2. The Labute approximate surface area is 280 Å². The van der Waals surface area contributed by atoms with Crippen molar-refractivity contribution < 1.29 is 58.8 Å². The molecule has 0 saturated heterocycles. The van der Waals surface area contributed by atoms with Gasteiger partial charge >= 0.3 is 18.5 Å². The van der Waals surface area contributed by atoms with Gasteiger partial charge in [-0.15, -0.1) is 0 Å². The minimum atomic E-state index is -5.11. The molecule has 0 unspecified atom stereocenters. The van der Waals surface area contributed by atoms with Gasteiger partial charge in [0.1, 0.15) is 39.5 Å². The van der Waals surface area contributed by atoms with Gasteiger partial charge in [0.25, 0.3) is 11.4 Å². The van der Waals surface area contributed by atoms with Crippen molar-refractivity contribution in [3.8, 4) is 23.0 Å². The van der Waals surface area contributed by atoms with Crippen molar-refractivity contribution in [3.63, 3.8) is 0 Å². The molecule has 264 valence electrons. The summed E-state index contributed by atoms with van der Waals surface area (Å²) in [4.78, 5) is 20.0. The van der Waals surface area contributed by atoms with Crippen LogP contribution in [0.15, 0.2) is 115 Å². The highest BCUT2D eigenvalue weighted by molar-refractivity contribution is 5.55. The predicted molar refractivity (Wildman–Crippen MR) is 162 cm³/mol. The monoisotopic (exact) mass is 722 g/mol. The molecular formula is C34H19F9N2O6. The number of nitro benzene ring substituents is 2. The first kappa shape index (κ1) is 36.2. The van der Waals surface area contributed by atoms with Crippen molar-refractivity contribution in [1.82, 2.24) is 0 Å². The van der Waals surface area contributed by atoms with Crippen LogP contribution in [0.25, 0.3) is 0 Å². The van der Waals surface area contributed by atoms with E-state index in [4.69, 9.17) is 9.47 Å². The number of non-ortho nitro benzene ring substituents is 2. The quantitative estimate of drug-likeness (QED) is 0.0649. The minimum Gasteiger partial charge on any atom is -0.457 e. The molecule has 8 nitrogen and oxygen atoms in total. The molecule has 0 amide bonds. The molecule has 0 bridgehead atoms. The van der Waals surface area contributed by atoms with Gasteiger partial charge in [-0.25, -0.2) is 0 Å². The Hall–Kier alpha value is -6.13. The predicted octanol–water partition coefficient (Wildman–Crippen LogP) is 11.0. The number of benzene rings is 5. The van der Waals surface area contributed by atoms with Crippen LogP contribution in [-0.2, 0) is 17.8 Å². The van der Waals surface area contributed by atoms with Gasteiger partial charge in [0.15, 0.2) is 0 Å². The Morgan fingerprint density at radius 2 is 0.824 bits per heavy atom. The van der Waals surface area contributed by atoms with Crippen LogP contribution in [0.2, 0.25) is 0 Å². The number of nitro groups is 2. The van der Waals surface area contributed by atoms with Crippen LogP contribution in [0.1, 0.15) is 27.8 Å². The number of ether oxygens (including phenoxy) is 2. The fraction of sp³-hybridized carbons (Fsp3) is 0.118. The normalized spacial score (nSPS) is 12.3. The lowest BCUT2D eigenvalue weighted by Crippen LogP contribution is -2.44. The van der Waals surface area contributed by atoms with Gasteiger partial charge in [-0.05, 0) is 53.1 Å². The van der Waals surface area contributed by atoms with Gasteiger partial charge in [0.05, 0.1) is 9.85 Å². The molecule has 0 aromatic heterocycles. The van der Waals surface area contributed by atoms with E-state index in [1.807, 2.05) is 0 Å². The van der Waals surface area contributed by atoms with Crippen molar-refractivity contribution in [2.24, 2.45) is 0 Å². The molecule has 0 aliphatic heterocycles. The molecule has 5 aromatic carbocycles. The zero-order chi connectivity index (χ0) is 37.4. The van der Waals surface area contributed by atoms with Gasteiger partial charge in [-0.1, -0.05) is 54.6 Å². The van der Waals surface area contributed by atoms with Crippen LogP contribution in [0.3, 0.4) is 0 Å². The Kier molecular flexibility index (Phi) is 9.43. The third-order valence-electron chi connectivity index (χ3n) is 7.62. The van der Waals surface area contributed by atoms with E-state index in [1.54, 1.807) is 0 Å². The van der Waals surface area contributed by atoms with Crippen LogP contribution >= 0.6 is 0 Å². The summed E-state index contributed by atoms with van der Waals surface area (Å²) in [5.41, 5.74) is -8.85. The molecule has 0 fully saturated rings. The van der Waals surface area contributed by atoms with Crippen LogP contribution < -0.4 is 9.47 Å². The number of hydrogen-bond acceptors (Lipinski definition) is 6. The highest BCUT2D eigenvalue weighted by Gasteiger charge is 2.58. The van der Waals surface area contributed by atoms with Crippen LogP contribution in [0, 0.1) is 20.2 Å². The molecule has 5 aromatic rings. The van der Waals surface area contributed by atoms with Crippen LogP contribution in [0.5, 0.6) is 23.0 Å². The molecule has 0 aliphatic carbocycles. The van der Waals surface area contributed by atoms with Gasteiger partial charge < -0.3 is 9.47 Å². The van der Waals surface area contributed by atoms with Crippen LogP contribution in [-0.4, -0.2) is 16.0 Å². The number of rotatable bonds is 9. The summed E-state index contributed by atoms with van der Waals surface area (Å²) in [6.45, 7) is 0. The SMILES string of the molecule is O=[N+]([O-])c1ccc(Oc2ccc(C(c3ccccc3)(c3ccc(Oc4ccc([N+](=O)[O-])cc4C(F)(F)F)cc3)C(F)(F)F)cc2)c(C(F)(F)F)c1. The van der Waals surface area contributed by atoms with Crippen molar-refractivity contribution in [2.45, 2.75) is 23.9 Å². The second-order valence-electron chi connectivity index (χ2n) is 10.7. The first-order chi connectivity index (χ1) is 23.8. The highest BCUT2D eigenvalue weighted by atomic mass is 19.4. The molecule has 0 radical (unpaired) electrons. The Morgan fingerprint density at radius 3 is 1.14 bits per heavy atom. The molecule has 0 spiro atoms. The number of nitrogens with zero attached hydrogens (tertiary/aromatic N) is 2. The molecule has 5 rings (SSSR count). The molecule has 51 heavy (non-hydrogen) atoms. The Balaban J connectivity index is 1.57. The summed E-state index contributed by atoms with van der Waals surface area (Å²) in [6, 6.07) is 17.7. The maximum absolute atomic E-state index is 15.5. The summed E-state index contributed by atoms with van der Waals surface area (Å²) >= 11 is 0. The molecule has 0 atom stereocenters. The standard InChI is InChI=1S/C34H19F9N2O6/c35-32(36,37)27-18-23(44(46)47)10-16-29(27)50-25-12-6-21(7-13-25)31(34(41,42)43,20-4-2-1-3-5-20)22-8-14-26(15-9-22)51-30-17-11-24(45(48)49)19-28(30)33(38,39)40/h1-19H.